The lowest BCUT2D eigenvalue weighted by Crippen LogP contribution is -1.98. The first-order chi connectivity index (χ1) is 8.67. The van der Waals surface area contributed by atoms with Crippen LogP contribution in [0.1, 0.15) is 11.3 Å². The normalized spacial score (nSPS) is 10.4. The van der Waals surface area contributed by atoms with Gasteiger partial charge in [-0.25, -0.2) is 4.39 Å². The van der Waals surface area contributed by atoms with Gasteiger partial charge in [-0.15, -0.1) is 11.6 Å². The maximum atomic E-state index is 13.2. The Bertz CT molecular complexity index is 533. The molecule has 1 aromatic heterocycles. The summed E-state index contributed by atoms with van der Waals surface area (Å²) in [6.45, 7) is 0.290. The van der Waals surface area contributed by atoms with Crippen molar-refractivity contribution < 1.29 is 9.13 Å². The van der Waals surface area contributed by atoms with Crippen LogP contribution >= 0.6 is 27.5 Å². The van der Waals surface area contributed by atoms with E-state index in [-0.39, 0.29) is 11.7 Å². The van der Waals surface area contributed by atoms with Crippen LogP contribution in [-0.2, 0) is 12.5 Å². The smallest absolute Gasteiger partial charge is 0.130 e. The van der Waals surface area contributed by atoms with Crippen molar-refractivity contribution in [2.24, 2.45) is 0 Å². The third-order valence-corrected chi connectivity index (χ3v) is 3.04. The highest BCUT2D eigenvalue weighted by Crippen LogP contribution is 2.19. The van der Waals surface area contributed by atoms with Gasteiger partial charge in [0.25, 0.3) is 0 Å². The molecule has 94 valence electrons. The van der Waals surface area contributed by atoms with Crippen LogP contribution in [-0.4, -0.2) is 4.98 Å². The van der Waals surface area contributed by atoms with Crippen LogP contribution in [0.15, 0.2) is 41.0 Å². The highest BCUT2D eigenvalue weighted by atomic mass is 79.9. The number of hydrogen-bond donors (Lipinski definition) is 0. The zero-order valence-electron chi connectivity index (χ0n) is 9.37. The fourth-order valence-electron chi connectivity index (χ4n) is 1.43. The molecule has 0 amide bonds. The predicted octanol–water partition coefficient (Wildman–Crippen LogP) is 4.30. The minimum Gasteiger partial charge on any atom is -0.487 e. The average molecular weight is 331 g/mol. The molecular weight excluding hydrogens is 321 g/mol. The maximum Gasteiger partial charge on any atom is 0.130 e. The molecule has 0 fully saturated rings. The molecule has 0 saturated carbocycles. The second-order valence-electron chi connectivity index (χ2n) is 3.69. The van der Waals surface area contributed by atoms with Crippen molar-refractivity contribution in [3.05, 3.63) is 58.1 Å². The van der Waals surface area contributed by atoms with Gasteiger partial charge < -0.3 is 4.74 Å². The predicted molar refractivity (Wildman–Crippen MR) is 72.2 cm³/mol. The first kappa shape index (κ1) is 13.3. The van der Waals surface area contributed by atoms with Gasteiger partial charge in [0.1, 0.15) is 18.2 Å². The van der Waals surface area contributed by atoms with Crippen LogP contribution in [0.3, 0.4) is 0 Å². The third-order valence-electron chi connectivity index (χ3n) is 2.26. The van der Waals surface area contributed by atoms with Crippen LogP contribution in [0.25, 0.3) is 0 Å². The minimum atomic E-state index is -0.355. The lowest BCUT2D eigenvalue weighted by molar-refractivity contribution is 0.299. The molecular formula is C13H10BrClFNO. The van der Waals surface area contributed by atoms with E-state index in [0.717, 1.165) is 10.2 Å². The van der Waals surface area contributed by atoms with Gasteiger partial charge in [-0.2, -0.15) is 0 Å². The van der Waals surface area contributed by atoms with Gasteiger partial charge >= 0.3 is 0 Å². The highest BCUT2D eigenvalue weighted by molar-refractivity contribution is 9.10. The Labute approximate surface area is 118 Å². The second-order valence-corrected chi connectivity index (χ2v) is 4.87. The van der Waals surface area contributed by atoms with Gasteiger partial charge in [0, 0.05) is 22.6 Å². The van der Waals surface area contributed by atoms with Crippen molar-refractivity contribution in [3.63, 3.8) is 0 Å². The zero-order chi connectivity index (χ0) is 13.0. The van der Waals surface area contributed by atoms with Crippen LogP contribution in [0.4, 0.5) is 4.39 Å². The first-order valence-corrected chi connectivity index (χ1v) is 6.59. The number of benzene rings is 1. The van der Waals surface area contributed by atoms with Gasteiger partial charge in [0.05, 0.1) is 5.69 Å². The van der Waals surface area contributed by atoms with E-state index in [4.69, 9.17) is 16.3 Å². The molecule has 2 aromatic rings. The van der Waals surface area contributed by atoms with Crippen molar-refractivity contribution in [2.75, 3.05) is 0 Å². The van der Waals surface area contributed by atoms with E-state index in [1.165, 1.54) is 12.1 Å². The number of ether oxygens (including phenoxy) is 1. The summed E-state index contributed by atoms with van der Waals surface area (Å²) in [7, 11) is 0. The number of hydrogen-bond acceptors (Lipinski definition) is 2. The molecule has 0 aliphatic rings. The summed E-state index contributed by atoms with van der Waals surface area (Å²) >= 11 is 8.97. The number of nitrogens with zero attached hydrogens (tertiary/aromatic N) is 1. The summed E-state index contributed by atoms with van der Waals surface area (Å²) in [6.07, 6.45) is 1.69. The van der Waals surface area contributed by atoms with Crippen LogP contribution in [0, 0.1) is 5.82 Å². The fourth-order valence-corrected chi connectivity index (χ4v) is 1.82. The molecule has 5 heteroatoms. The van der Waals surface area contributed by atoms with Crippen molar-refractivity contribution >= 4 is 27.5 Å². The molecule has 0 radical (unpaired) electrons. The maximum absolute atomic E-state index is 13.2. The molecule has 0 aliphatic carbocycles. The zero-order valence-corrected chi connectivity index (χ0v) is 11.7. The molecule has 1 heterocycles. The summed E-state index contributed by atoms with van der Waals surface area (Å²) in [5, 5.41) is 0. The van der Waals surface area contributed by atoms with Crippen molar-refractivity contribution in [1.82, 2.24) is 4.98 Å². The van der Waals surface area contributed by atoms with E-state index in [1.54, 1.807) is 12.3 Å². The van der Waals surface area contributed by atoms with E-state index in [1.807, 2.05) is 12.1 Å². The Kier molecular flexibility index (Phi) is 4.55. The number of pyridine rings is 1. The topological polar surface area (TPSA) is 22.1 Å². The summed E-state index contributed by atoms with van der Waals surface area (Å²) in [6, 6.07) is 8.15. The van der Waals surface area contributed by atoms with Crippen LogP contribution in [0.2, 0.25) is 0 Å². The standard InChI is InChI=1S/C13H10BrClFNO/c14-10-1-2-12(17-7-10)8-18-13-4-9(6-15)3-11(16)5-13/h1-5,7H,6,8H2. The highest BCUT2D eigenvalue weighted by Gasteiger charge is 2.02. The largest absolute Gasteiger partial charge is 0.487 e. The van der Waals surface area contributed by atoms with Crippen molar-refractivity contribution in [1.29, 1.82) is 0 Å². The van der Waals surface area contributed by atoms with Gasteiger partial charge in [-0.1, -0.05) is 0 Å². The lowest BCUT2D eigenvalue weighted by Gasteiger charge is -2.07. The molecule has 0 saturated heterocycles. The van der Waals surface area contributed by atoms with Gasteiger partial charge in [-0.05, 0) is 45.8 Å². The molecule has 0 unspecified atom stereocenters. The van der Waals surface area contributed by atoms with Gasteiger partial charge in [0.15, 0.2) is 0 Å². The SMILES string of the molecule is Fc1cc(CCl)cc(OCc2ccc(Br)cn2)c1. The molecule has 0 aliphatic heterocycles. The lowest BCUT2D eigenvalue weighted by atomic mass is 10.2. The van der Waals surface area contributed by atoms with Crippen molar-refractivity contribution in [3.8, 4) is 5.75 Å². The monoisotopic (exact) mass is 329 g/mol. The van der Waals surface area contributed by atoms with Crippen molar-refractivity contribution in [2.45, 2.75) is 12.5 Å². The molecule has 0 spiro atoms. The summed E-state index contributed by atoms with van der Waals surface area (Å²) in [5.74, 6) is 0.354. The Morgan fingerprint density at radius 2 is 2.11 bits per heavy atom. The molecule has 0 atom stereocenters. The Balaban J connectivity index is 2.05. The molecule has 2 rings (SSSR count). The van der Waals surface area contributed by atoms with Gasteiger partial charge in [-0.3, -0.25) is 4.98 Å². The first-order valence-electron chi connectivity index (χ1n) is 5.26. The Morgan fingerprint density at radius 1 is 1.28 bits per heavy atom. The molecule has 18 heavy (non-hydrogen) atoms. The molecule has 2 nitrogen and oxygen atoms in total. The molecule has 0 N–H and O–H groups in total. The average Bonchev–Trinajstić information content (AvgIpc) is 2.37. The third kappa shape index (κ3) is 3.68. The van der Waals surface area contributed by atoms with Crippen LogP contribution < -0.4 is 4.74 Å². The van der Waals surface area contributed by atoms with E-state index < -0.39 is 0 Å². The van der Waals surface area contributed by atoms with Gasteiger partial charge in [0.2, 0.25) is 0 Å². The second kappa shape index (κ2) is 6.16. The van der Waals surface area contributed by atoms with E-state index in [2.05, 4.69) is 20.9 Å². The summed E-state index contributed by atoms with van der Waals surface area (Å²) in [5.41, 5.74) is 1.46. The Morgan fingerprint density at radius 3 is 2.78 bits per heavy atom. The number of rotatable bonds is 4. The number of alkyl halides is 1. The minimum absolute atomic E-state index is 0.255. The van der Waals surface area contributed by atoms with Crippen LogP contribution in [0.5, 0.6) is 5.75 Å². The summed E-state index contributed by atoms with van der Waals surface area (Å²) in [4.78, 5) is 4.17. The quantitative estimate of drug-likeness (QED) is 0.780. The molecule has 0 bridgehead atoms. The van der Waals surface area contributed by atoms with E-state index in [9.17, 15) is 4.39 Å². The summed E-state index contributed by atoms with van der Waals surface area (Å²) < 4.78 is 19.6. The Hall–Kier alpha value is -1.13. The van der Waals surface area contributed by atoms with E-state index in [0.29, 0.717) is 17.9 Å². The number of halogens is 3. The molecule has 1 aromatic carbocycles. The fraction of sp³-hybridized carbons (Fsp3) is 0.154. The van der Waals surface area contributed by atoms with E-state index >= 15 is 0 Å². The number of aromatic nitrogens is 1.